The summed E-state index contributed by atoms with van der Waals surface area (Å²) in [6, 6.07) is 13.5. The summed E-state index contributed by atoms with van der Waals surface area (Å²) in [7, 11) is 0. The second-order valence-corrected chi connectivity index (χ2v) is 8.42. The summed E-state index contributed by atoms with van der Waals surface area (Å²) < 4.78 is 75.2. The molecule has 0 spiro atoms. The van der Waals surface area contributed by atoms with E-state index < -0.39 is 24.3 Å². The molecule has 236 valence electrons. The number of nitrogens with zero attached hydrogens (tertiary/aromatic N) is 2. The number of rotatable bonds is 9. The number of aromatic nitrogens is 2. The molecule has 0 radical (unpaired) electrons. The van der Waals surface area contributed by atoms with Crippen LogP contribution in [0, 0.1) is 5.41 Å². The molecule has 0 aliphatic rings. The highest BCUT2D eigenvalue weighted by atomic mass is 19.4. The minimum atomic E-state index is -5.08. The van der Waals surface area contributed by atoms with Crippen LogP contribution in [-0.4, -0.2) is 63.0 Å². The normalized spacial score (nSPS) is 10.9. The molecule has 3 rings (SSSR count). The van der Waals surface area contributed by atoms with Crippen molar-refractivity contribution >= 4 is 29.1 Å². The minimum absolute atomic E-state index is 0.0444. The molecule has 6 N–H and O–H groups in total. The van der Waals surface area contributed by atoms with E-state index in [1.54, 1.807) is 12.4 Å². The van der Waals surface area contributed by atoms with Crippen molar-refractivity contribution in [1.29, 1.82) is 5.41 Å². The van der Waals surface area contributed by atoms with Gasteiger partial charge in [0.2, 0.25) is 0 Å². The number of H-pyrrole nitrogens is 1. The molecule has 0 saturated heterocycles. The first-order valence-electron chi connectivity index (χ1n) is 12.1. The number of aliphatic carboxylic acids is 2. The van der Waals surface area contributed by atoms with E-state index in [0.29, 0.717) is 24.5 Å². The maximum Gasteiger partial charge on any atom is 0.490 e. The molecule has 0 aliphatic heterocycles. The molecule has 0 unspecified atom stereocenters. The number of carboxylic acids is 2. The molecule has 43 heavy (non-hydrogen) atoms. The van der Waals surface area contributed by atoms with Gasteiger partial charge in [0.05, 0.1) is 19.3 Å². The number of nitrogen functional groups attached to an aromatic ring is 1. The molecule has 1 aromatic heterocycles. The number of amidine groups is 1. The Morgan fingerprint density at radius 1 is 0.977 bits per heavy atom. The average molecular weight is 622 g/mol. The maximum absolute atomic E-state index is 10.6. The SMILES string of the molecule is CCOc1cc(N(Cc2ncc[nH]2)c2ccc(C(=N)N)cc2)ccc1OC(C)C.O=C(O)C(F)(F)F.O=C(O)C(F)(F)F. The summed E-state index contributed by atoms with van der Waals surface area (Å²) >= 11 is 0. The number of benzene rings is 2. The van der Waals surface area contributed by atoms with Gasteiger partial charge in [0.1, 0.15) is 11.7 Å². The van der Waals surface area contributed by atoms with Crippen LogP contribution in [0.4, 0.5) is 37.7 Å². The van der Waals surface area contributed by atoms with E-state index in [2.05, 4.69) is 14.9 Å². The molecule has 1 heterocycles. The van der Waals surface area contributed by atoms with Gasteiger partial charge in [0, 0.05) is 35.4 Å². The number of halogens is 6. The van der Waals surface area contributed by atoms with Gasteiger partial charge in [-0.15, -0.1) is 0 Å². The maximum atomic E-state index is 10.6. The molecule has 0 atom stereocenters. The molecular formula is C26H29F6N5O6. The van der Waals surface area contributed by atoms with E-state index in [9.17, 15) is 26.3 Å². The Hall–Kier alpha value is -4.96. The molecule has 17 heteroatoms. The molecule has 0 bridgehead atoms. The number of carboxylic acid groups (broad SMARTS) is 2. The van der Waals surface area contributed by atoms with Crippen LogP contribution < -0.4 is 20.1 Å². The average Bonchev–Trinajstić information content (AvgIpc) is 3.41. The van der Waals surface area contributed by atoms with Crippen LogP contribution in [0.2, 0.25) is 0 Å². The Morgan fingerprint density at radius 2 is 1.49 bits per heavy atom. The number of carbonyl (C=O) groups is 2. The van der Waals surface area contributed by atoms with Gasteiger partial charge in [-0.1, -0.05) is 0 Å². The summed E-state index contributed by atoms with van der Waals surface area (Å²) in [6.07, 6.45) is -6.58. The Kier molecular flexibility index (Phi) is 13.3. The van der Waals surface area contributed by atoms with Crippen LogP contribution in [0.3, 0.4) is 0 Å². The van der Waals surface area contributed by atoms with Crippen molar-refractivity contribution in [2.24, 2.45) is 5.73 Å². The highest BCUT2D eigenvalue weighted by Crippen LogP contribution is 2.36. The Morgan fingerprint density at radius 3 is 1.88 bits per heavy atom. The van der Waals surface area contributed by atoms with Crippen molar-refractivity contribution in [3.63, 3.8) is 0 Å². The van der Waals surface area contributed by atoms with Gasteiger partial charge < -0.3 is 35.3 Å². The first kappa shape index (κ1) is 36.1. The highest BCUT2D eigenvalue weighted by Gasteiger charge is 2.38. The Labute approximate surface area is 241 Å². The lowest BCUT2D eigenvalue weighted by molar-refractivity contribution is -0.193. The molecule has 11 nitrogen and oxygen atoms in total. The molecule has 0 fully saturated rings. The van der Waals surface area contributed by atoms with E-state index in [0.717, 1.165) is 22.9 Å². The number of hydrogen-bond donors (Lipinski definition) is 5. The van der Waals surface area contributed by atoms with E-state index in [1.165, 1.54) is 0 Å². The highest BCUT2D eigenvalue weighted by molar-refractivity contribution is 5.95. The molecule has 3 aromatic rings. The lowest BCUT2D eigenvalue weighted by Gasteiger charge is -2.26. The largest absolute Gasteiger partial charge is 0.490 e. The van der Waals surface area contributed by atoms with Gasteiger partial charge >= 0.3 is 24.3 Å². The van der Waals surface area contributed by atoms with E-state index >= 15 is 0 Å². The van der Waals surface area contributed by atoms with Gasteiger partial charge in [-0.3, -0.25) is 5.41 Å². The topological polar surface area (TPSA) is 175 Å². The van der Waals surface area contributed by atoms with Crippen molar-refractivity contribution in [3.05, 3.63) is 66.2 Å². The van der Waals surface area contributed by atoms with Gasteiger partial charge in [0.15, 0.2) is 11.5 Å². The van der Waals surface area contributed by atoms with E-state index in [-0.39, 0.29) is 11.9 Å². The summed E-state index contributed by atoms with van der Waals surface area (Å²) in [6.45, 7) is 7.02. The second kappa shape index (κ2) is 15.9. The number of nitrogens with two attached hydrogens (primary N) is 1. The van der Waals surface area contributed by atoms with Gasteiger partial charge in [0.25, 0.3) is 0 Å². The van der Waals surface area contributed by atoms with Crippen LogP contribution in [0.5, 0.6) is 11.5 Å². The fourth-order valence-corrected chi connectivity index (χ4v) is 2.97. The van der Waals surface area contributed by atoms with Crippen LogP contribution in [-0.2, 0) is 16.1 Å². The Bertz CT molecular complexity index is 1310. The third kappa shape index (κ3) is 12.6. The van der Waals surface area contributed by atoms with Crippen molar-refractivity contribution in [2.75, 3.05) is 11.5 Å². The zero-order valence-corrected chi connectivity index (χ0v) is 23.0. The fourth-order valence-electron chi connectivity index (χ4n) is 2.97. The summed E-state index contributed by atoms with van der Waals surface area (Å²) in [5.41, 5.74) is 8.17. The monoisotopic (exact) mass is 621 g/mol. The van der Waals surface area contributed by atoms with E-state index in [1.807, 2.05) is 63.2 Å². The summed E-state index contributed by atoms with van der Waals surface area (Å²) in [5.74, 6) is -3.22. The number of imidazole rings is 1. The lowest BCUT2D eigenvalue weighted by Crippen LogP contribution is -2.21. The predicted molar refractivity (Wildman–Crippen MR) is 143 cm³/mol. The first-order valence-corrected chi connectivity index (χ1v) is 12.1. The number of nitrogens with one attached hydrogen (secondary N) is 2. The molecule has 0 aliphatic carbocycles. The Balaban J connectivity index is 0.000000548. The smallest absolute Gasteiger partial charge is 0.490 e. The first-order chi connectivity index (χ1) is 19.9. The third-order valence-corrected chi connectivity index (χ3v) is 4.74. The number of ether oxygens (including phenoxy) is 2. The van der Waals surface area contributed by atoms with Gasteiger partial charge in [-0.25, -0.2) is 14.6 Å². The van der Waals surface area contributed by atoms with E-state index in [4.69, 9.17) is 40.4 Å². The van der Waals surface area contributed by atoms with Gasteiger partial charge in [-0.2, -0.15) is 26.3 Å². The minimum Gasteiger partial charge on any atom is -0.490 e. The molecule has 2 aromatic carbocycles. The number of hydrogen-bond acceptors (Lipinski definition) is 7. The zero-order chi connectivity index (χ0) is 33.0. The molecule has 0 saturated carbocycles. The van der Waals surface area contributed by atoms with Crippen molar-refractivity contribution in [2.45, 2.75) is 45.8 Å². The quantitative estimate of drug-likeness (QED) is 0.118. The number of aromatic amines is 1. The van der Waals surface area contributed by atoms with Crippen LogP contribution in [0.15, 0.2) is 54.9 Å². The predicted octanol–water partition coefficient (Wildman–Crippen LogP) is 5.48. The second-order valence-electron chi connectivity index (χ2n) is 8.42. The van der Waals surface area contributed by atoms with Crippen molar-refractivity contribution < 1.29 is 55.6 Å². The fraction of sp³-hybridized carbons (Fsp3) is 0.308. The van der Waals surface area contributed by atoms with Gasteiger partial charge in [-0.05, 0) is 57.2 Å². The summed E-state index contributed by atoms with van der Waals surface area (Å²) in [4.78, 5) is 27.4. The number of alkyl halides is 6. The van der Waals surface area contributed by atoms with Crippen LogP contribution in [0.1, 0.15) is 32.2 Å². The number of anilines is 2. The standard InChI is InChI=1S/C22H27N5O2.2C2HF3O2/c1-4-28-20-13-18(9-10-19(20)29-15(2)3)27(14-21-25-11-12-26-21)17-7-5-16(6-8-17)22(23)24;2*3-2(4,5)1(6)7/h5-13,15H,4,14H2,1-3H3,(H3,23,24)(H,25,26);2*(H,6,7). The third-order valence-electron chi connectivity index (χ3n) is 4.74. The van der Waals surface area contributed by atoms with Crippen LogP contribution in [0.25, 0.3) is 0 Å². The summed E-state index contributed by atoms with van der Waals surface area (Å²) in [5, 5.41) is 21.9. The zero-order valence-electron chi connectivity index (χ0n) is 23.0. The lowest BCUT2D eigenvalue weighted by atomic mass is 10.1. The van der Waals surface area contributed by atoms with Crippen molar-refractivity contribution in [3.8, 4) is 11.5 Å². The van der Waals surface area contributed by atoms with Crippen molar-refractivity contribution in [1.82, 2.24) is 9.97 Å². The molecule has 0 amide bonds. The van der Waals surface area contributed by atoms with Crippen LogP contribution >= 0.6 is 0 Å². The molecular weight excluding hydrogens is 592 g/mol.